The maximum atomic E-state index is 12.6. The van der Waals surface area contributed by atoms with Crippen LogP contribution in [0.25, 0.3) is 0 Å². The van der Waals surface area contributed by atoms with Crippen LogP contribution in [0.15, 0.2) is 22.8 Å². The molecule has 0 bridgehead atoms. The number of hydrogen-bond donors (Lipinski definition) is 0. The molecule has 29 heavy (non-hydrogen) atoms. The van der Waals surface area contributed by atoms with Crippen LogP contribution in [-0.2, 0) is 11.3 Å². The fourth-order valence-corrected chi connectivity index (χ4v) is 4.22. The van der Waals surface area contributed by atoms with Crippen molar-refractivity contribution in [3.63, 3.8) is 0 Å². The van der Waals surface area contributed by atoms with E-state index >= 15 is 0 Å². The van der Waals surface area contributed by atoms with E-state index in [2.05, 4.69) is 34.3 Å². The highest BCUT2D eigenvalue weighted by molar-refractivity contribution is 5.91. The Morgan fingerprint density at radius 3 is 2.76 bits per heavy atom. The molecule has 2 aromatic rings. The second-order valence-corrected chi connectivity index (χ2v) is 8.31. The summed E-state index contributed by atoms with van der Waals surface area (Å²) >= 11 is 0. The van der Waals surface area contributed by atoms with Gasteiger partial charge in [0.05, 0.1) is 25.0 Å². The number of carbonyl (C=O) groups is 1. The van der Waals surface area contributed by atoms with Gasteiger partial charge in [-0.1, -0.05) is 13.8 Å². The van der Waals surface area contributed by atoms with E-state index in [0.29, 0.717) is 31.3 Å². The summed E-state index contributed by atoms with van der Waals surface area (Å²) in [6, 6.07) is 3.60. The third-order valence-corrected chi connectivity index (χ3v) is 5.73. The van der Waals surface area contributed by atoms with Crippen LogP contribution in [0.3, 0.4) is 0 Å². The Morgan fingerprint density at radius 2 is 2.10 bits per heavy atom. The van der Waals surface area contributed by atoms with Crippen molar-refractivity contribution in [2.45, 2.75) is 51.8 Å². The molecule has 0 spiro atoms. The summed E-state index contributed by atoms with van der Waals surface area (Å²) in [5, 5.41) is 12.6. The van der Waals surface area contributed by atoms with Crippen LogP contribution in [0, 0.1) is 5.92 Å². The molecule has 2 aliphatic heterocycles. The van der Waals surface area contributed by atoms with Crippen LogP contribution in [-0.4, -0.2) is 74.8 Å². The predicted octanol–water partition coefficient (Wildman–Crippen LogP) is 1.99. The molecule has 2 saturated heterocycles. The zero-order valence-corrected chi connectivity index (χ0v) is 17.2. The van der Waals surface area contributed by atoms with E-state index in [9.17, 15) is 4.79 Å². The van der Waals surface area contributed by atoms with Crippen LogP contribution in [0.2, 0.25) is 0 Å². The van der Waals surface area contributed by atoms with Crippen molar-refractivity contribution in [3.05, 3.63) is 30.0 Å². The molecule has 0 N–H and O–H groups in total. The minimum Gasteiger partial charge on any atom is -0.459 e. The topological polar surface area (TPSA) is 89.5 Å². The van der Waals surface area contributed by atoms with Crippen LogP contribution < -0.4 is 0 Å². The first-order valence-electron chi connectivity index (χ1n) is 10.6. The predicted molar refractivity (Wildman–Crippen MR) is 105 cm³/mol. The van der Waals surface area contributed by atoms with E-state index in [1.807, 2.05) is 9.58 Å². The number of tetrazole rings is 1. The molecule has 0 radical (unpaired) electrons. The Labute approximate surface area is 171 Å². The van der Waals surface area contributed by atoms with Gasteiger partial charge in [0.1, 0.15) is 0 Å². The molecule has 2 unspecified atom stereocenters. The monoisotopic (exact) mass is 402 g/mol. The number of aromatic nitrogens is 4. The number of amides is 1. The number of carbonyl (C=O) groups excluding carboxylic acids is 1. The number of piperazine rings is 1. The van der Waals surface area contributed by atoms with E-state index in [1.165, 1.54) is 6.26 Å². The highest BCUT2D eigenvalue weighted by Crippen LogP contribution is 2.28. The zero-order chi connectivity index (χ0) is 20.2. The molecule has 2 fully saturated rings. The summed E-state index contributed by atoms with van der Waals surface area (Å²) in [5.74, 6) is 1.77. The number of ether oxygens (including phenoxy) is 1. The molecule has 0 saturated carbocycles. The van der Waals surface area contributed by atoms with Gasteiger partial charge in [-0.2, -0.15) is 0 Å². The van der Waals surface area contributed by atoms with Gasteiger partial charge in [-0.15, -0.1) is 5.10 Å². The summed E-state index contributed by atoms with van der Waals surface area (Å²) in [4.78, 5) is 16.8. The Kier molecular flexibility index (Phi) is 6.25. The zero-order valence-electron chi connectivity index (χ0n) is 17.2. The lowest BCUT2D eigenvalue weighted by molar-refractivity contribution is 0.0488. The lowest BCUT2D eigenvalue weighted by Crippen LogP contribution is -2.50. The van der Waals surface area contributed by atoms with Crippen molar-refractivity contribution in [3.8, 4) is 0 Å². The highest BCUT2D eigenvalue weighted by atomic mass is 16.5. The van der Waals surface area contributed by atoms with Gasteiger partial charge in [-0.25, -0.2) is 4.68 Å². The lowest BCUT2D eigenvalue weighted by atomic mass is 10.0. The van der Waals surface area contributed by atoms with Gasteiger partial charge in [0, 0.05) is 32.8 Å². The van der Waals surface area contributed by atoms with E-state index in [0.717, 1.165) is 44.8 Å². The fraction of sp³-hybridized carbons (Fsp3) is 0.700. The molecule has 2 atom stereocenters. The highest BCUT2D eigenvalue weighted by Gasteiger charge is 2.32. The molecule has 0 aromatic carbocycles. The minimum absolute atomic E-state index is 0.0433. The van der Waals surface area contributed by atoms with Gasteiger partial charge in [-0.05, 0) is 47.7 Å². The van der Waals surface area contributed by atoms with E-state index < -0.39 is 0 Å². The quantitative estimate of drug-likeness (QED) is 0.700. The first-order chi connectivity index (χ1) is 14.1. The second-order valence-electron chi connectivity index (χ2n) is 8.31. The number of hydrogen-bond acceptors (Lipinski definition) is 7. The van der Waals surface area contributed by atoms with E-state index in [1.54, 1.807) is 12.1 Å². The first-order valence-corrected chi connectivity index (χ1v) is 10.6. The Hall–Kier alpha value is -2.26. The minimum atomic E-state index is -0.0433. The summed E-state index contributed by atoms with van der Waals surface area (Å²) in [7, 11) is 0. The number of rotatable bonds is 7. The molecule has 158 valence electrons. The van der Waals surface area contributed by atoms with Gasteiger partial charge in [0.2, 0.25) is 0 Å². The Bertz CT molecular complexity index is 776. The molecule has 4 heterocycles. The molecule has 2 aliphatic rings. The van der Waals surface area contributed by atoms with Gasteiger partial charge in [-0.3, -0.25) is 9.69 Å². The van der Waals surface area contributed by atoms with Crippen molar-refractivity contribution in [1.29, 1.82) is 0 Å². The first kappa shape index (κ1) is 20.0. The summed E-state index contributed by atoms with van der Waals surface area (Å²) < 4.78 is 13.0. The molecular weight excluding hydrogens is 372 g/mol. The Balaban J connectivity index is 1.44. The maximum Gasteiger partial charge on any atom is 0.289 e. The van der Waals surface area contributed by atoms with Crippen LogP contribution in [0.5, 0.6) is 0 Å². The van der Waals surface area contributed by atoms with Crippen LogP contribution in [0.1, 0.15) is 55.5 Å². The molecule has 2 aromatic heterocycles. The average molecular weight is 402 g/mol. The second kappa shape index (κ2) is 9.04. The summed E-state index contributed by atoms with van der Waals surface area (Å²) in [5.41, 5.74) is 0. The molecule has 0 aliphatic carbocycles. The number of nitrogens with zero attached hydrogens (tertiary/aromatic N) is 6. The normalized spacial score (nSPS) is 21.8. The van der Waals surface area contributed by atoms with E-state index in [-0.39, 0.29) is 18.1 Å². The average Bonchev–Trinajstić information content (AvgIpc) is 3.49. The van der Waals surface area contributed by atoms with Crippen molar-refractivity contribution in [2.75, 3.05) is 32.8 Å². The van der Waals surface area contributed by atoms with Crippen molar-refractivity contribution >= 4 is 5.91 Å². The van der Waals surface area contributed by atoms with Gasteiger partial charge < -0.3 is 14.1 Å². The fourth-order valence-electron chi connectivity index (χ4n) is 4.22. The van der Waals surface area contributed by atoms with Gasteiger partial charge in [0.15, 0.2) is 11.6 Å². The molecule has 4 rings (SSSR count). The summed E-state index contributed by atoms with van der Waals surface area (Å²) in [6.45, 7) is 8.88. The summed E-state index contributed by atoms with van der Waals surface area (Å²) in [6.07, 6.45) is 4.86. The van der Waals surface area contributed by atoms with Gasteiger partial charge >= 0.3 is 0 Å². The van der Waals surface area contributed by atoms with Crippen molar-refractivity contribution in [2.24, 2.45) is 5.92 Å². The lowest BCUT2D eigenvalue weighted by Gasteiger charge is -2.39. The smallest absolute Gasteiger partial charge is 0.289 e. The Morgan fingerprint density at radius 1 is 1.28 bits per heavy atom. The van der Waals surface area contributed by atoms with Crippen molar-refractivity contribution in [1.82, 2.24) is 30.0 Å². The SMILES string of the molecule is CC(C)CC(c1nnnn1CC1CCCO1)N1CCN(C(=O)c2ccco2)CC1. The molecular formula is C20H30N6O3. The molecule has 9 heteroatoms. The maximum absolute atomic E-state index is 12.6. The number of furan rings is 1. The third-order valence-electron chi connectivity index (χ3n) is 5.73. The molecule has 1 amide bonds. The van der Waals surface area contributed by atoms with Crippen LogP contribution >= 0.6 is 0 Å². The largest absolute Gasteiger partial charge is 0.459 e. The van der Waals surface area contributed by atoms with Crippen LogP contribution in [0.4, 0.5) is 0 Å². The standard InChI is InChI=1S/C20H30N6O3/c1-15(2)13-17(19-21-22-23-26(19)14-16-5-3-11-28-16)24-7-9-25(10-8-24)20(27)18-6-4-12-29-18/h4,6,12,15-17H,3,5,7-11,13-14H2,1-2H3. The van der Waals surface area contributed by atoms with Crippen molar-refractivity contribution < 1.29 is 13.9 Å². The molecule has 9 nitrogen and oxygen atoms in total. The third kappa shape index (κ3) is 4.67. The van der Waals surface area contributed by atoms with E-state index in [4.69, 9.17) is 9.15 Å². The van der Waals surface area contributed by atoms with Gasteiger partial charge in [0.25, 0.3) is 5.91 Å².